The maximum absolute atomic E-state index is 12.7. The molecule has 0 radical (unpaired) electrons. The van der Waals surface area contributed by atoms with Crippen LogP contribution in [-0.2, 0) is 23.9 Å². The standard InChI is InChI=1S/C36H58N2O6/c1-6-7-8-9-10-11-12-13-14-15-16-17-18-19-20-21-32(40)43-30-24-22-29(23-25-30)38-31(39)26-27-37-34(41)33-35(2,3)28-42-36(4,5)44-33/h13-14,22-25,33H,6-12,15-21,26-28H2,1-5H3,(H,37,41)(H,38,39)/b14-13-. The molecule has 8 heteroatoms. The second-order valence-corrected chi connectivity index (χ2v) is 13.1. The third kappa shape index (κ3) is 15.8. The molecule has 1 aliphatic rings. The number of carbonyl (C=O) groups excluding carboxylic acids is 3. The van der Waals surface area contributed by atoms with E-state index in [-0.39, 0.29) is 30.7 Å². The second kappa shape index (κ2) is 20.3. The van der Waals surface area contributed by atoms with Gasteiger partial charge in [0.1, 0.15) is 11.9 Å². The fourth-order valence-corrected chi connectivity index (χ4v) is 5.07. The van der Waals surface area contributed by atoms with Crippen molar-refractivity contribution in [2.45, 2.75) is 143 Å². The minimum Gasteiger partial charge on any atom is -0.427 e. The number of carbonyl (C=O) groups is 3. The molecule has 1 fully saturated rings. The first kappa shape index (κ1) is 37.5. The van der Waals surface area contributed by atoms with Gasteiger partial charge in [0.25, 0.3) is 0 Å². The fraction of sp³-hybridized carbons (Fsp3) is 0.694. The summed E-state index contributed by atoms with van der Waals surface area (Å²) in [7, 11) is 0. The van der Waals surface area contributed by atoms with Gasteiger partial charge in [-0.1, -0.05) is 84.3 Å². The van der Waals surface area contributed by atoms with Crippen LogP contribution in [0.4, 0.5) is 5.69 Å². The zero-order chi connectivity index (χ0) is 32.3. The highest BCUT2D eigenvalue weighted by Gasteiger charge is 2.45. The highest BCUT2D eigenvalue weighted by molar-refractivity contribution is 5.91. The number of nitrogens with one attached hydrogen (secondary N) is 2. The highest BCUT2D eigenvalue weighted by Crippen LogP contribution is 2.34. The van der Waals surface area contributed by atoms with E-state index in [2.05, 4.69) is 29.7 Å². The molecule has 0 aromatic heterocycles. The van der Waals surface area contributed by atoms with E-state index in [1.165, 1.54) is 57.8 Å². The lowest BCUT2D eigenvalue weighted by Gasteiger charge is -2.44. The molecule has 8 nitrogen and oxygen atoms in total. The molecule has 0 spiro atoms. The van der Waals surface area contributed by atoms with E-state index in [1.807, 2.05) is 13.8 Å². The van der Waals surface area contributed by atoms with Crippen LogP contribution in [0.5, 0.6) is 5.75 Å². The summed E-state index contributed by atoms with van der Waals surface area (Å²) in [6.45, 7) is 10.2. The molecule has 1 aromatic carbocycles. The van der Waals surface area contributed by atoms with Gasteiger partial charge in [0, 0.05) is 30.5 Å². The molecule has 0 bridgehead atoms. The maximum atomic E-state index is 12.7. The molecule has 44 heavy (non-hydrogen) atoms. The minimum atomic E-state index is -0.834. The van der Waals surface area contributed by atoms with Gasteiger partial charge < -0.3 is 24.8 Å². The van der Waals surface area contributed by atoms with Gasteiger partial charge in [-0.05, 0) is 70.2 Å². The van der Waals surface area contributed by atoms with Gasteiger partial charge in [-0.25, -0.2) is 0 Å². The van der Waals surface area contributed by atoms with Crippen molar-refractivity contribution in [1.82, 2.24) is 5.32 Å². The van der Waals surface area contributed by atoms with Crippen LogP contribution in [0, 0.1) is 5.41 Å². The first-order valence-corrected chi connectivity index (χ1v) is 16.9. The number of anilines is 1. The predicted molar refractivity (Wildman–Crippen MR) is 176 cm³/mol. The van der Waals surface area contributed by atoms with Crippen molar-refractivity contribution >= 4 is 23.5 Å². The minimum absolute atomic E-state index is 0.117. The lowest BCUT2D eigenvalue weighted by molar-refractivity contribution is -0.304. The van der Waals surface area contributed by atoms with Crippen LogP contribution in [0.2, 0.25) is 0 Å². The first-order valence-electron chi connectivity index (χ1n) is 16.9. The molecule has 1 aliphatic heterocycles. The largest absolute Gasteiger partial charge is 0.427 e. The molecule has 1 aromatic rings. The van der Waals surface area contributed by atoms with E-state index in [0.717, 1.165) is 25.7 Å². The van der Waals surface area contributed by atoms with E-state index in [4.69, 9.17) is 14.2 Å². The summed E-state index contributed by atoms with van der Waals surface area (Å²) in [5, 5.41) is 5.60. The molecule has 1 unspecified atom stereocenters. The van der Waals surface area contributed by atoms with Crippen LogP contribution in [0.1, 0.15) is 131 Å². The lowest BCUT2D eigenvalue weighted by atomic mass is 9.85. The Balaban J connectivity index is 1.52. The molecule has 2 rings (SSSR count). The molecular formula is C36H58N2O6. The Bertz CT molecular complexity index is 1020. The summed E-state index contributed by atoms with van der Waals surface area (Å²) in [6.07, 6.45) is 20.3. The Morgan fingerprint density at radius 1 is 0.841 bits per heavy atom. The maximum Gasteiger partial charge on any atom is 0.311 e. The average molecular weight is 615 g/mol. The number of ether oxygens (including phenoxy) is 3. The molecule has 248 valence electrons. The summed E-state index contributed by atoms with van der Waals surface area (Å²) in [5.74, 6) is -1.11. The van der Waals surface area contributed by atoms with Crippen LogP contribution in [0.3, 0.4) is 0 Å². The summed E-state index contributed by atoms with van der Waals surface area (Å²) in [6, 6.07) is 6.73. The van der Waals surface area contributed by atoms with Crippen LogP contribution >= 0.6 is 0 Å². The Kier molecular flexibility index (Phi) is 17.3. The summed E-state index contributed by atoms with van der Waals surface area (Å²) in [4.78, 5) is 37.3. The van der Waals surface area contributed by atoms with Gasteiger partial charge in [-0.2, -0.15) is 0 Å². The molecule has 1 heterocycles. The van der Waals surface area contributed by atoms with Crippen molar-refractivity contribution in [2.24, 2.45) is 5.41 Å². The Morgan fingerprint density at radius 2 is 1.43 bits per heavy atom. The van der Waals surface area contributed by atoms with Gasteiger partial charge >= 0.3 is 5.97 Å². The van der Waals surface area contributed by atoms with Crippen LogP contribution < -0.4 is 15.4 Å². The number of rotatable bonds is 21. The van der Waals surface area contributed by atoms with E-state index in [9.17, 15) is 14.4 Å². The number of allylic oxidation sites excluding steroid dienone is 2. The van der Waals surface area contributed by atoms with Crippen LogP contribution in [0.25, 0.3) is 0 Å². The number of benzene rings is 1. The van der Waals surface area contributed by atoms with Crippen LogP contribution in [-0.4, -0.2) is 42.8 Å². The summed E-state index contributed by atoms with van der Waals surface area (Å²) in [5.41, 5.74) is 0.117. The Hall–Kier alpha value is -2.71. The molecule has 2 N–H and O–H groups in total. The van der Waals surface area contributed by atoms with Gasteiger partial charge in [0.05, 0.1) is 6.61 Å². The van der Waals surface area contributed by atoms with Crippen LogP contribution in [0.15, 0.2) is 36.4 Å². The topological polar surface area (TPSA) is 103 Å². The van der Waals surface area contributed by atoms with E-state index in [0.29, 0.717) is 24.5 Å². The fourth-order valence-electron chi connectivity index (χ4n) is 5.07. The normalized spacial score (nSPS) is 17.3. The molecule has 1 atom stereocenters. The average Bonchev–Trinajstić information content (AvgIpc) is 2.97. The SMILES string of the molecule is CCCCCCCC/C=C\CCCCCCCC(=O)Oc1ccc(NC(=O)CCNC(=O)C2OC(C)(C)OCC2(C)C)cc1. The van der Waals surface area contributed by atoms with Crippen molar-refractivity contribution in [3.05, 3.63) is 36.4 Å². The summed E-state index contributed by atoms with van der Waals surface area (Å²) >= 11 is 0. The quantitative estimate of drug-likeness (QED) is 0.0626. The van der Waals surface area contributed by atoms with Gasteiger partial charge in [0.2, 0.25) is 11.8 Å². The zero-order valence-corrected chi connectivity index (χ0v) is 28.0. The predicted octanol–water partition coefficient (Wildman–Crippen LogP) is 8.25. The van der Waals surface area contributed by atoms with Gasteiger partial charge in [0.15, 0.2) is 5.79 Å². The summed E-state index contributed by atoms with van der Waals surface area (Å²) < 4.78 is 16.9. The third-order valence-electron chi connectivity index (χ3n) is 7.81. The van der Waals surface area contributed by atoms with Crippen molar-refractivity contribution < 1.29 is 28.6 Å². The Labute approximate surface area is 266 Å². The van der Waals surface area contributed by atoms with Crippen molar-refractivity contribution in [1.29, 1.82) is 0 Å². The second-order valence-electron chi connectivity index (χ2n) is 13.1. The van der Waals surface area contributed by atoms with Gasteiger partial charge in [-0.3, -0.25) is 14.4 Å². The van der Waals surface area contributed by atoms with E-state index in [1.54, 1.807) is 38.1 Å². The number of unbranched alkanes of at least 4 members (excludes halogenated alkanes) is 11. The number of hydrogen-bond acceptors (Lipinski definition) is 6. The highest BCUT2D eigenvalue weighted by atomic mass is 16.7. The lowest BCUT2D eigenvalue weighted by Crippen LogP contribution is -2.56. The molecule has 2 amide bonds. The smallest absolute Gasteiger partial charge is 0.311 e. The molecule has 1 saturated heterocycles. The zero-order valence-electron chi connectivity index (χ0n) is 28.0. The van der Waals surface area contributed by atoms with Crippen molar-refractivity contribution in [3.8, 4) is 5.75 Å². The molecule has 0 saturated carbocycles. The number of amides is 2. The van der Waals surface area contributed by atoms with E-state index >= 15 is 0 Å². The van der Waals surface area contributed by atoms with Crippen molar-refractivity contribution in [3.63, 3.8) is 0 Å². The third-order valence-corrected chi connectivity index (χ3v) is 7.81. The van der Waals surface area contributed by atoms with Crippen molar-refractivity contribution in [2.75, 3.05) is 18.5 Å². The number of hydrogen-bond donors (Lipinski definition) is 2. The molecule has 0 aliphatic carbocycles. The Morgan fingerprint density at radius 3 is 2.07 bits per heavy atom. The monoisotopic (exact) mass is 614 g/mol. The van der Waals surface area contributed by atoms with E-state index < -0.39 is 17.3 Å². The number of esters is 1. The van der Waals surface area contributed by atoms with Gasteiger partial charge in [-0.15, -0.1) is 0 Å². The molecular weight excluding hydrogens is 556 g/mol. The first-order chi connectivity index (χ1) is 21.0.